The van der Waals surface area contributed by atoms with Crippen LogP contribution in [0.25, 0.3) is 0 Å². The molecule has 0 aliphatic carbocycles. The number of hydrogen-bond acceptors (Lipinski definition) is 5. The maximum atomic E-state index is 12.2. The monoisotopic (exact) mass is 311 g/mol. The summed E-state index contributed by atoms with van der Waals surface area (Å²) >= 11 is 1.28. The molecule has 0 spiro atoms. The van der Waals surface area contributed by atoms with Crippen molar-refractivity contribution < 1.29 is 8.42 Å². The molecule has 7 heteroatoms. The zero-order chi connectivity index (χ0) is 15.0. The summed E-state index contributed by atoms with van der Waals surface area (Å²) in [5.74, 6) is 0. The summed E-state index contributed by atoms with van der Waals surface area (Å²) in [6.45, 7) is 6.08. The van der Waals surface area contributed by atoms with Crippen LogP contribution in [0.5, 0.6) is 0 Å². The first kappa shape index (κ1) is 14.8. The Morgan fingerprint density at radius 1 is 1.20 bits per heavy atom. The number of thiazole rings is 1. The van der Waals surface area contributed by atoms with Crippen LogP contribution < -0.4 is 10.5 Å². The minimum Gasteiger partial charge on any atom is -0.399 e. The van der Waals surface area contributed by atoms with Crippen molar-refractivity contribution in [3.63, 3.8) is 0 Å². The molecule has 108 valence electrons. The van der Waals surface area contributed by atoms with Gasteiger partial charge in [-0.05, 0) is 24.3 Å². The Labute approximate surface area is 122 Å². The molecule has 0 atom stereocenters. The van der Waals surface area contributed by atoms with E-state index in [0.717, 1.165) is 5.69 Å². The average molecular weight is 311 g/mol. The molecule has 2 aromatic rings. The van der Waals surface area contributed by atoms with E-state index in [1.54, 1.807) is 12.1 Å². The molecule has 1 heterocycles. The van der Waals surface area contributed by atoms with Crippen LogP contribution in [0.4, 0.5) is 10.8 Å². The summed E-state index contributed by atoms with van der Waals surface area (Å²) in [5, 5.41) is 2.23. The van der Waals surface area contributed by atoms with Crippen molar-refractivity contribution in [1.29, 1.82) is 0 Å². The molecule has 3 N–H and O–H groups in total. The maximum absolute atomic E-state index is 12.2. The number of nitrogens with zero attached hydrogens (tertiary/aromatic N) is 1. The predicted molar refractivity (Wildman–Crippen MR) is 82.5 cm³/mol. The van der Waals surface area contributed by atoms with E-state index in [-0.39, 0.29) is 10.3 Å². The van der Waals surface area contributed by atoms with Gasteiger partial charge in [0.2, 0.25) is 0 Å². The fourth-order valence-corrected chi connectivity index (χ4v) is 3.68. The van der Waals surface area contributed by atoms with Gasteiger partial charge in [0.15, 0.2) is 5.13 Å². The van der Waals surface area contributed by atoms with Gasteiger partial charge in [-0.2, -0.15) is 0 Å². The Morgan fingerprint density at radius 2 is 1.80 bits per heavy atom. The Balaban J connectivity index is 2.25. The highest BCUT2D eigenvalue weighted by atomic mass is 32.2. The maximum Gasteiger partial charge on any atom is 0.263 e. The van der Waals surface area contributed by atoms with Crippen molar-refractivity contribution >= 4 is 32.2 Å². The van der Waals surface area contributed by atoms with Crippen LogP contribution in [-0.2, 0) is 15.4 Å². The minimum absolute atomic E-state index is 0.110. The number of nitrogens with one attached hydrogen (secondary N) is 1. The Hall–Kier alpha value is -1.60. The highest BCUT2D eigenvalue weighted by molar-refractivity contribution is 7.93. The Morgan fingerprint density at radius 3 is 2.30 bits per heavy atom. The van der Waals surface area contributed by atoms with Gasteiger partial charge < -0.3 is 5.73 Å². The number of nitrogen functional groups attached to an aromatic ring is 1. The summed E-state index contributed by atoms with van der Waals surface area (Å²) in [7, 11) is -3.62. The molecule has 0 saturated heterocycles. The summed E-state index contributed by atoms with van der Waals surface area (Å²) < 4.78 is 26.9. The number of anilines is 2. The van der Waals surface area contributed by atoms with Gasteiger partial charge in [-0.3, -0.25) is 4.72 Å². The third-order valence-corrected chi connectivity index (χ3v) is 4.93. The smallest absolute Gasteiger partial charge is 0.263 e. The largest absolute Gasteiger partial charge is 0.399 e. The number of benzene rings is 1. The lowest BCUT2D eigenvalue weighted by Gasteiger charge is -2.14. The van der Waals surface area contributed by atoms with Crippen molar-refractivity contribution in [2.24, 2.45) is 0 Å². The topological polar surface area (TPSA) is 85.1 Å². The summed E-state index contributed by atoms with van der Waals surface area (Å²) in [6, 6.07) is 6.04. The van der Waals surface area contributed by atoms with Crippen LogP contribution in [0.2, 0.25) is 0 Å². The average Bonchev–Trinajstić information content (AvgIpc) is 2.77. The van der Waals surface area contributed by atoms with E-state index >= 15 is 0 Å². The van der Waals surface area contributed by atoms with E-state index in [1.165, 1.54) is 23.5 Å². The zero-order valence-corrected chi connectivity index (χ0v) is 13.2. The van der Waals surface area contributed by atoms with Crippen LogP contribution >= 0.6 is 11.3 Å². The second-order valence-electron chi connectivity index (χ2n) is 5.46. The van der Waals surface area contributed by atoms with Crippen molar-refractivity contribution in [2.45, 2.75) is 31.1 Å². The number of nitrogens with two attached hydrogens (primary N) is 1. The van der Waals surface area contributed by atoms with Gasteiger partial charge in [-0.25, -0.2) is 13.4 Å². The van der Waals surface area contributed by atoms with Gasteiger partial charge in [-0.15, -0.1) is 11.3 Å². The number of sulfonamides is 1. The predicted octanol–water partition coefficient (Wildman–Crippen LogP) is 2.82. The van der Waals surface area contributed by atoms with Crippen molar-refractivity contribution in [2.75, 3.05) is 10.5 Å². The number of hydrogen-bond donors (Lipinski definition) is 2. The molecule has 1 aromatic heterocycles. The van der Waals surface area contributed by atoms with Crippen molar-refractivity contribution in [3.05, 3.63) is 35.3 Å². The van der Waals surface area contributed by atoms with E-state index in [1.807, 2.05) is 26.2 Å². The van der Waals surface area contributed by atoms with Gasteiger partial charge >= 0.3 is 0 Å². The van der Waals surface area contributed by atoms with Gasteiger partial charge in [0.25, 0.3) is 10.0 Å². The molecule has 0 aliphatic rings. The van der Waals surface area contributed by atoms with Crippen LogP contribution in [0, 0.1) is 0 Å². The van der Waals surface area contributed by atoms with E-state index in [0.29, 0.717) is 10.8 Å². The van der Waals surface area contributed by atoms with Gasteiger partial charge in [0.05, 0.1) is 10.6 Å². The lowest BCUT2D eigenvalue weighted by atomic mass is 9.93. The van der Waals surface area contributed by atoms with Crippen LogP contribution in [0.15, 0.2) is 34.5 Å². The Bertz CT molecular complexity index is 698. The molecule has 0 unspecified atom stereocenters. The molecule has 0 fully saturated rings. The highest BCUT2D eigenvalue weighted by Crippen LogP contribution is 2.27. The summed E-state index contributed by atoms with van der Waals surface area (Å²) in [4.78, 5) is 4.48. The van der Waals surface area contributed by atoms with Gasteiger partial charge in [0, 0.05) is 16.5 Å². The van der Waals surface area contributed by atoms with E-state index < -0.39 is 10.0 Å². The second kappa shape index (κ2) is 5.06. The first-order chi connectivity index (χ1) is 9.18. The molecule has 0 saturated carbocycles. The molecule has 5 nitrogen and oxygen atoms in total. The number of rotatable bonds is 3. The van der Waals surface area contributed by atoms with Crippen molar-refractivity contribution in [1.82, 2.24) is 4.98 Å². The third-order valence-electron chi connectivity index (χ3n) is 2.68. The highest BCUT2D eigenvalue weighted by Gasteiger charge is 2.20. The molecule has 2 rings (SSSR count). The molecular formula is C13H17N3O2S2. The van der Waals surface area contributed by atoms with E-state index in [9.17, 15) is 8.42 Å². The van der Waals surface area contributed by atoms with Crippen LogP contribution in [0.1, 0.15) is 26.5 Å². The molecule has 20 heavy (non-hydrogen) atoms. The molecule has 0 aliphatic heterocycles. The van der Waals surface area contributed by atoms with Crippen molar-refractivity contribution in [3.8, 4) is 0 Å². The fraction of sp³-hybridized carbons (Fsp3) is 0.308. The standard InChI is InChI=1S/C13H17N3O2S2/c1-13(2,3)11-8-19-12(15-11)16-20(17,18)10-6-4-9(14)5-7-10/h4-8H,14H2,1-3H3,(H,15,16). The molecular weight excluding hydrogens is 294 g/mol. The normalized spacial score (nSPS) is 12.3. The fourth-order valence-electron chi connectivity index (χ4n) is 1.49. The molecule has 0 bridgehead atoms. The molecule has 1 aromatic carbocycles. The van der Waals surface area contributed by atoms with E-state index in [4.69, 9.17) is 5.73 Å². The van der Waals surface area contributed by atoms with Gasteiger partial charge in [0.1, 0.15) is 0 Å². The van der Waals surface area contributed by atoms with E-state index in [2.05, 4.69) is 9.71 Å². The lowest BCUT2D eigenvalue weighted by molar-refractivity contribution is 0.573. The first-order valence-electron chi connectivity index (χ1n) is 6.03. The first-order valence-corrected chi connectivity index (χ1v) is 8.39. The summed E-state index contributed by atoms with van der Waals surface area (Å²) in [5.41, 5.74) is 6.82. The minimum atomic E-state index is -3.62. The van der Waals surface area contributed by atoms with Gasteiger partial charge in [-0.1, -0.05) is 20.8 Å². The van der Waals surface area contributed by atoms with Crippen LogP contribution in [-0.4, -0.2) is 13.4 Å². The zero-order valence-electron chi connectivity index (χ0n) is 11.5. The number of aromatic nitrogens is 1. The molecule has 0 radical (unpaired) electrons. The lowest BCUT2D eigenvalue weighted by Crippen LogP contribution is -2.14. The molecule has 0 amide bonds. The SMILES string of the molecule is CC(C)(C)c1csc(NS(=O)(=O)c2ccc(N)cc2)n1. The third kappa shape index (κ3) is 3.29. The quantitative estimate of drug-likeness (QED) is 0.854. The second-order valence-corrected chi connectivity index (χ2v) is 8.00. The Kier molecular flexibility index (Phi) is 3.75. The summed E-state index contributed by atoms with van der Waals surface area (Å²) in [6.07, 6.45) is 0. The van der Waals surface area contributed by atoms with Crippen LogP contribution in [0.3, 0.4) is 0 Å².